The van der Waals surface area contributed by atoms with Crippen molar-refractivity contribution in [2.24, 2.45) is 0 Å². The van der Waals surface area contributed by atoms with Crippen molar-refractivity contribution < 1.29 is 9.59 Å². The molecule has 1 saturated heterocycles. The second-order valence-corrected chi connectivity index (χ2v) is 7.00. The monoisotopic (exact) mass is 335 g/mol. The van der Waals surface area contributed by atoms with Gasteiger partial charge in [-0.25, -0.2) is 0 Å². The Labute approximate surface area is 147 Å². The minimum absolute atomic E-state index is 0.00140. The highest BCUT2D eigenvalue weighted by molar-refractivity contribution is 5.97. The molecular formula is C20H21N3O2. The van der Waals surface area contributed by atoms with E-state index in [1.54, 1.807) is 12.3 Å². The Bertz CT molecular complexity index is 848. The predicted molar refractivity (Wildman–Crippen MR) is 94.5 cm³/mol. The average Bonchev–Trinajstić information content (AvgIpc) is 2.98. The van der Waals surface area contributed by atoms with Gasteiger partial charge in [-0.2, -0.15) is 0 Å². The maximum atomic E-state index is 12.9. The molecule has 0 aliphatic carbocycles. The van der Waals surface area contributed by atoms with Crippen LogP contribution >= 0.6 is 0 Å². The number of amides is 2. The first-order valence-electron chi connectivity index (χ1n) is 8.69. The molecule has 128 valence electrons. The number of nitrogens with one attached hydrogen (secondary N) is 1. The molecule has 1 aromatic heterocycles. The smallest absolute Gasteiger partial charge is 0.255 e. The van der Waals surface area contributed by atoms with E-state index in [1.165, 1.54) is 0 Å². The van der Waals surface area contributed by atoms with Crippen LogP contribution in [0.15, 0.2) is 42.6 Å². The molecular weight excluding hydrogens is 314 g/mol. The van der Waals surface area contributed by atoms with Crippen LogP contribution in [0.25, 0.3) is 0 Å². The molecule has 0 radical (unpaired) electrons. The SMILES string of the molecule is Cc1ncccc1C(=O)N1CC[C@]2(CCc3ccccc3C(=O)N2)C1. The molecule has 1 spiro atoms. The van der Waals surface area contributed by atoms with Gasteiger partial charge >= 0.3 is 0 Å². The van der Waals surface area contributed by atoms with Gasteiger partial charge in [0.2, 0.25) is 0 Å². The molecule has 1 N–H and O–H groups in total. The van der Waals surface area contributed by atoms with Crippen molar-refractivity contribution in [3.63, 3.8) is 0 Å². The fourth-order valence-electron chi connectivity index (χ4n) is 3.94. The van der Waals surface area contributed by atoms with Gasteiger partial charge in [0.15, 0.2) is 0 Å². The van der Waals surface area contributed by atoms with Crippen molar-refractivity contribution in [2.45, 2.75) is 31.7 Å². The molecule has 0 saturated carbocycles. The number of aryl methyl sites for hydroxylation is 2. The van der Waals surface area contributed by atoms with Gasteiger partial charge in [0.25, 0.3) is 11.8 Å². The van der Waals surface area contributed by atoms with E-state index in [0.717, 1.165) is 36.1 Å². The van der Waals surface area contributed by atoms with Crippen molar-refractivity contribution in [2.75, 3.05) is 13.1 Å². The van der Waals surface area contributed by atoms with Gasteiger partial charge in [0.05, 0.1) is 11.1 Å². The lowest BCUT2D eigenvalue weighted by molar-refractivity contribution is 0.0763. The van der Waals surface area contributed by atoms with Gasteiger partial charge in [0, 0.05) is 30.5 Å². The Morgan fingerprint density at radius 3 is 2.88 bits per heavy atom. The Balaban J connectivity index is 1.55. The van der Waals surface area contributed by atoms with Crippen molar-refractivity contribution in [1.82, 2.24) is 15.2 Å². The minimum atomic E-state index is -0.331. The zero-order valence-electron chi connectivity index (χ0n) is 14.3. The van der Waals surface area contributed by atoms with E-state index in [4.69, 9.17) is 0 Å². The fourth-order valence-corrected chi connectivity index (χ4v) is 3.94. The summed E-state index contributed by atoms with van der Waals surface area (Å²) in [6.45, 7) is 3.06. The molecule has 3 heterocycles. The summed E-state index contributed by atoms with van der Waals surface area (Å²) in [4.78, 5) is 31.6. The van der Waals surface area contributed by atoms with Crippen LogP contribution in [0.5, 0.6) is 0 Å². The zero-order valence-corrected chi connectivity index (χ0v) is 14.3. The Morgan fingerprint density at radius 2 is 2.04 bits per heavy atom. The number of nitrogens with zero attached hydrogens (tertiary/aromatic N) is 2. The third-order valence-corrected chi connectivity index (χ3v) is 5.39. The molecule has 2 aliphatic rings. The van der Waals surface area contributed by atoms with Gasteiger partial charge < -0.3 is 10.2 Å². The van der Waals surface area contributed by atoms with Crippen LogP contribution in [-0.2, 0) is 6.42 Å². The van der Waals surface area contributed by atoms with E-state index in [0.29, 0.717) is 18.7 Å². The standard InChI is InChI=1S/C20H21N3O2/c1-14-16(7-4-11-21-14)19(25)23-12-10-20(13-23)9-8-15-5-2-3-6-17(15)18(24)22-20/h2-7,11H,8-10,12-13H2,1H3,(H,22,24)/t20-/m1/s1. The van der Waals surface area contributed by atoms with E-state index >= 15 is 0 Å². The molecule has 5 heteroatoms. The quantitative estimate of drug-likeness (QED) is 0.870. The number of rotatable bonds is 1. The van der Waals surface area contributed by atoms with Crippen LogP contribution in [0, 0.1) is 6.92 Å². The van der Waals surface area contributed by atoms with Crippen LogP contribution in [0.4, 0.5) is 0 Å². The van der Waals surface area contributed by atoms with Gasteiger partial charge in [-0.05, 0) is 49.9 Å². The second kappa shape index (κ2) is 5.99. The number of carbonyl (C=O) groups is 2. The Hall–Kier alpha value is -2.69. The largest absolute Gasteiger partial charge is 0.345 e. The zero-order chi connectivity index (χ0) is 17.4. The Kier molecular flexibility index (Phi) is 3.79. The van der Waals surface area contributed by atoms with Crippen molar-refractivity contribution in [3.05, 3.63) is 65.0 Å². The molecule has 5 nitrogen and oxygen atoms in total. The number of hydrogen-bond acceptors (Lipinski definition) is 3. The summed E-state index contributed by atoms with van der Waals surface area (Å²) >= 11 is 0. The van der Waals surface area contributed by atoms with E-state index in [1.807, 2.05) is 42.2 Å². The highest BCUT2D eigenvalue weighted by Gasteiger charge is 2.42. The molecule has 2 amide bonds. The predicted octanol–water partition coefficient (Wildman–Crippen LogP) is 2.35. The topological polar surface area (TPSA) is 62.3 Å². The van der Waals surface area contributed by atoms with Crippen LogP contribution in [-0.4, -0.2) is 40.3 Å². The van der Waals surface area contributed by atoms with Gasteiger partial charge in [-0.15, -0.1) is 0 Å². The minimum Gasteiger partial charge on any atom is -0.345 e. The highest BCUT2D eigenvalue weighted by atomic mass is 16.2. The first kappa shape index (κ1) is 15.8. The van der Waals surface area contributed by atoms with Crippen molar-refractivity contribution >= 4 is 11.8 Å². The lowest BCUT2D eigenvalue weighted by Gasteiger charge is -2.29. The summed E-state index contributed by atoms with van der Waals surface area (Å²) in [5.74, 6) is -0.0292. The first-order valence-corrected chi connectivity index (χ1v) is 8.69. The maximum absolute atomic E-state index is 12.9. The van der Waals surface area contributed by atoms with Gasteiger partial charge in [-0.3, -0.25) is 14.6 Å². The lowest BCUT2D eigenvalue weighted by atomic mass is 9.91. The summed E-state index contributed by atoms with van der Waals surface area (Å²) in [7, 11) is 0. The van der Waals surface area contributed by atoms with Gasteiger partial charge in [0.1, 0.15) is 0 Å². The molecule has 1 atom stereocenters. The van der Waals surface area contributed by atoms with Crippen LogP contribution < -0.4 is 5.32 Å². The fraction of sp³-hybridized carbons (Fsp3) is 0.350. The lowest BCUT2D eigenvalue weighted by Crippen LogP contribution is -2.50. The number of aromatic nitrogens is 1. The third-order valence-electron chi connectivity index (χ3n) is 5.39. The van der Waals surface area contributed by atoms with Crippen molar-refractivity contribution in [1.29, 1.82) is 0 Å². The van der Waals surface area contributed by atoms with E-state index in [2.05, 4.69) is 10.3 Å². The number of fused-ring (bicyclic) bond motifs is 1. The van der Waals surface area contributed by atoms with Crippen LogP contribution in [0.1, 0.15) is 44.8 Å². The highest BCUT2D eigenvalue weighted by Crippen LogP contribution is 2.31. The molecule has 4 rings (SSSR count). The summed E-state index contributed by atoms with van der Waals surface area (Å²) in [6.07, 6.45) is 4.19. The third kappa shape index (κ3) is 2.80. The molecule has 1 fully saturated rings. The maximum Gasteiger partial charge on any atom is 0.255 e. The van der Waals surface area contributed by atoms with E-state index < -0.39 is 0 Å². The summed E-state index contributed by atoms with van der Waals surface area (Å²) in [6, 6.07) is 11.4. The summed E-state index contributed by atoms with van der Waals surface area (Å²) in [5, 5.41) is 3.21. The molecule has 2 aliphatic heterocycles. The van der Waals surface area contributed by atoms with E-state index in [-0.39, 0.29) is 17.4 Å². The molecule has 2 aromatic rings. The molecule has 0 bridgehead atoms. The van der Waals surface area contributed by atoms with Gasteiger partial charge in [-0.1, -0.05) is 18.2 Å². The number of pyridine rings is 1. The van der Waals surface area contributed by atoms with E-state index in [9.17, 15) is 9.59 Å². The Morgan fingerprint density at radius 1 is 1.20 bits per heavy atom. The number of carbonyl (C=O) groups excluding carboxylic acids is 2. The summed E-state index contributed by atoms with van der Waals surface area (Å²) < 4.78 is 0. The first-order chi connectivity index (χ1) is 12.1. The van der Waals surface area contributed by atoms with Crippen molar-refractivity contribution in [3.8, 4) is 0 Å². The normalized spacial score (nSPS) is 22.4. The number of likely N-dealkylation sites (tertiary alicyclic amines) is 1. The second-order valence-electron chi connectivity index (χ2n) is 7.00. The van der Waals surface area contributed by atoms with Crippen LogP contribution in [0.2, 0.25) is 0 Å². The number of hydrogen-bond donors (Lipinski definition) is 1. The molecule has 1 aromatic carbocycles. The molecule has 0 unspecified atom stereocenters. The summed E-state index contributed by atoms with van der Waals surface area (Å²) in [5.41, 5.74) is 2.90. The average molecular weight is 335 g/mol. The van der Waals surface area contributed by atoms with Crippen LogP contribution in [0.3, 0.4) is 0 Å². The number of benzene rings is 1. The molecule has 25 heavy (non-hydrogen) atoms.